The van der Waals surface area contributed by atoms with Crippen LogP contribution in [-0.2, 0) is 9.78 Å². The minimum absolute atomic E-state index is 0.568. The highest BCUT2D eigenvalue weighted by molar-refractivity contribution is 4.88. The van der Waals surface area contributed by atoms with Crippen LogP contribution in [0.5, 0.6) is 0 Å². The summed E-state index contributed by atoms with van der Waals surface area (Å²) in [4.78, 5) is 10.1. The molecule has 86 valence electrons. The van der Waals surface area contributed by atoms with Crippen molar-refractivity contribution >= 4 is 0 Å². The molecule has 0 bridgehead atoms. The van der Waals surface area contributed by atoms with Gasteiger partial charge in [-0.3, -0.25) is 0 Å². The smallest absolute Gasteiger partial charge is 0.100 e. The average Bonchev–Trinajstić information content (AvgIpc) is 2.24. The summed E-state index contributed by atoms with van der Waals surface area (Å²) in [6, 6.07) is 0. The molecule has 0 amide bonds. The van der Waals surface area contributed by atoms with Gasteiger partial charge in [-0.1, -0.05) is 31.2 Å². The van der Waals surface area contributed by atoms with E-state index >= 15 is 0 Å². The van der Waals surface area contributed by atoms with E-state index in [1.807, 2.05) is 6.08 Å². The molecule has 15 heavy (non-hydrogen) atoms. The van der Waals surface area contributed by atoms with Gasteiger partial charge in [0.1, 0.15) is 6.61 Å². The molecule has 0 aromatic heterocycles. The van der Waals surface area contributed by atoms with E-state index in [1.54, 1.807) is 0 Å². The summed E-state index contributed by atoms with van der Waals surface area (Å²) in [5, 5.41) is 0. The standard InChI is InChI=1S/C13H22O2/c1-13-9-7-5-3-2-4-6-8-11-14-15-12-10-13/h3,5-6,8,13H,2,4,7,9-12H2,1H3/b5-3-,8-6?/t13-/m0/s1. The van der Waals surface area contributed by atoms with Crippen molar-refractivity contribution in [1.82, 2.24) is 0 Å². The molecule has 1 heterocycles. The van der Waals surface area contributed by atoms with E-state index in [9.17, 15) is 0 Å². The van der Waals surface area contributed by atoms with E-state index in [4.69, 9.17) is 9.78 Å². The molecular formula is C13H22O2. The van der Waals surface area contributed by atoms with Crippen molar-refractivity contribution in [3.05, 3.63) is 24.3 Å². The molecular weight excluding hydrogens is 188 g/mol. The second-order valence-corrected chi connectivity index (χ2v) is 4.10. The molecule has 1 aliphatic heterocycles. The number of allylic oxidation sites excluding steroid dienone is 3. The Bertz CT molecular complexity index is 197. The molecule has 2 heteroatoms. The summed E-state index contributed by atoms with van der Waals surface area (Å²) in [5.74, 6) is 0.719. The summed E-state index contributed by atoms with van der Waals surface area (Å²) in [7, 11) is 0. The van der Waals surface area contributed by atoms with Crippen LogP contribution in [0.1, 0.15) is 39.0 Å². The maximum Gasteiger partial charge on any atom is 0.100 e. The van der Waals surface area contributed by atoms with Crippen molar-refractivity contribution in [1.29, 1.82) is 0 Å². The van der Waals surface area contributed by atoms with Crippen LogP contribution in [0.3, 0.4) is 0 Å². The van der Waals surface area contributed by atoms with Gasteiger partial charge in [0.05, 0.1) is 6.61 Å². The van der Waals surface area contributed by atoms with E-state index in [1.165, 1.54) is 12.8 Å². The Morgan fingerprint density at radius 2 is 1.60 bits per heavy atom. The van der Waals surface area contributed by atoms with Crippen molar-refractivity contribution in [2.24, 2.45) is 5.92 Å². The third-order valence-electron chi connectivity index (χ3n) is 2.60. The topological polar surface area (TPSA) is 18.5 Å². The van der Waals surface area contributed by atoms with Gasteiger partial charge in [-0.15, -0.1) is 0 Å². The van der Waals surface area contributed by atoms with Gasteiger partial charge >= 0.3 is 0 Å². The quantitative estimate of drug-likeness (QED) is 0.449. The summed E-state index contributed by atoms with van der Waals surface area (Å²) >= 11 is 0. The zero-order valence-electron chi connectivity index (χ0n) is 9.65. The van der Waals surface area contributed by atoms with E-state index in [0.717, 1.165) is 25.2 Å². The van der Waals surface area contributed by atoms with Crippen LogP contribution in [0.25, 0.3) is 0 Å². The lowest BCUT2D eigenvalue weighted by Gasteiger charge is -2.09. The lowest BCUT2D eigenvalue weighted by molar-refractivity contribution is -0.287. The van der Waals surface area contributed by atoms with Crippen LogP contribution in [0.15, 0.2) is 24.3 Å². The Morgan fingerprint density at radius 3 is 2.47 bits per heavy atom. The first-order chi connectivity index (χ1) is 7.39. The lowest BCUT2D eigenvalue weighted by Crippen LogP contribution is -2.03. The molecule has 1 atom stereocenters. The summed E-state index contributed by atoms with van der Waals surface area (Å²) in [6.45, 7) is 3.54. The molecule has 1 aliphatic rings. The third-order valence-corrected chi connectivity index (χ3v) is 2.60. The van der Waals surface area contributed by atoms with Gasteiger partial charge in [0.15, 0.2) is 0 Å². The Kier molecular flexibility index (Phi) is 7.22. The first-order valence-electron chi connectivity index (χ1n) is 5.94. The third kappa shape index (κ3) is 7.34. The molecule has 0 fully saturated rings. The van der Waals surface area contributed by atoms with E-state index in [2.05, 4.69) is 25.2 Å². The highest BCUT2D eigenvalue weighted by atomic mass is 17.2. The Hall–Kier alpha value is -0.600. The Morgan fingerprint density at radius 1 is 0.867 bits per heavy atom. The van der Waals surface area contributed by atoms with Crippen molar-refractivity contribution in [2.45, 2.75) is 39.0 Å². The van der Waals surface area contributed by atoms with Gasteiger partial charge in [0.25, 0.3) is 0 Å². The maximum atomic E-state index is 5.08. The summed E-state index contributed by atoms with van der Waals surface area (Å²) in [6.07, 6.45) is 14.5. The molecule has 1 rings (SSSR count). The first kappa shape index (κ1) is 12.5. The zero-order valence-corrected chi connectivity index (χ0v) is 9.65. The summed E-state index contributed by atoms with van der Waals surface area (Å²) in [5.41, 5.74) is 0. The van der Waals surface area contributed by atoms with E-state index < -0.39 is 0 Å². The van der Waals surface area contributed by atoms with Crippen LogP contribution < -0.4 is 0 Å². The monoisotopic (exact) mass is 210 g/mol. The van der Waals surface area contributed by atoms with Gasteiger partial charge in [0.2, 0.25) is 0 Å². The second-order valence-electron chi connectivity index (χ2n) is 4.10. The molecule has 0 aromatic carbocycles. The highest BCUT2D eigenvalue weighted by Crippen LogP contribution is 2.11. The fourth-order valence-corrected chi connectivity index (χ4v) is 1.53. The molecule has 0 saturated heterocycles. The van der Waals surface area contributed by atoms with Gasteiger partial charge < -0.3 is 0 Å². The Balaban J connectivity index is 2.26. The lowest BCUT2D eigenvalue weighted by atomic mass is 10.0. The van der Waals surface area contributed by atoms with Crippen LogP contribution in [-0.4, -0.2) is 13.2 Å². The van der Waals surface area contributed by atoms with Crippen molar-refractivity contribution < 1.29 is 9.78 Å². The number of hydrogen-bond donors (Lipinski definition) is 0. The minimum atomic E-state index is 0.568. The normalized spacial score (nSPS) is 28.2. The van der Waals surface area contributed by atoms with Gasteiger partial charge in [-0.2, -0.15) is 0 Å². The van der Waals surface area contributed by atoms with Gasteiger partial charge in [-0.25, -0.2) is 9.78 Å². The van der Waals surface area contributed by atoms with Crippen molar-refractivity contribution in [2.75, 3.05) is 13.2 Å². The SMILES string of the molecule is C[C@H]1CC/C=C\CCC=CCOOCC1. The molecule has 0 aliphatic carbocycles. The molecule has 0 N–H and O–H groups in total. The van der Waals surface area contributed by atoms with Gasteiger partial charge in [0, 0.05) is 0 Å². The minimum Gasteiger partial charge on any atom is -0.236 e. The largest absolute Gasteiger partial charge is 0.236 e. The average molecular weight is 210 g/mol. The van der Waals surface area contributed by atoms with Crippen LogP contribution in [0.4, 0.5) is 0 Å². The van der Waals surface area contributed by atoms with Crippen molar-refractivity contribution in [3.8, 4) is 0 Å². The predicted octanol–water partition coefficient (Wildman–Crippen LogP) is 3.65. The fourth-order valence-electron chi connectivity index (χ4n) is 1.53. The Labute approximate surface area is 92.9 Å². The number of hydrogen-bond acceptors (Lipinski definition) is 2. The molecule has 0 unspecified atom stereocenters. The molecule has 0 aromatic rings. The molecule has 0 saturated carbocycles. The van der Waals surface area contributed by atoms with Crippen LogP contribution >= 0.6 is 0 Å². The zero-order chi connectivity index (χ0) is 10.8. The maximum absolute atomic E-state index is 5.08. The second kappa shape index (κ2) is 8.69. The van der Waals surface area contributed by atoms with Crippen LogP contribution in [0, 0.1) is 5.92 Å². The summed E-state index contributed by atoms with van der Waals surface area (Å²) < 4.78 is 0. The molecule has 2 nitrogen and oxygen atoms in total. The fraction of sp³-hybridized carbons (Fsp3) is 0.692. The van der Waals surface area contributed by atoms with E-state index in [0.29, 0.717) is 13.2 Å². The van der Waals surface area contributed by atoms with E-state index in [-0.39, 0.29) is 0 Å². The molecule has 0 radical (unpaired) electrons. The highest BCUT2D eigenvalue weighted by Gasteiger charge is 2.01. The van der Waals surface area contributed by atoms with Crippen LogP contribution in [0.2, 0.25) is 0 Å². The number of rotatable bonds is 0. The van der Waals surface area contributed by atoms with Crippen molar-refractivity contribution in [3.63, 3.8) is 0 Å². The predicted molar refractivity (Wildman–Crippen MR) is 62.4 cm³/mol. The van der Waals surface area contributed by atoms with Gasteiger partial charge in [-0.05, 0) is 38.0 Å². The first-order valence-corrected chi connectivity index (χ1v) is 5.94. The molecule has 0 spiro atoms.